The Kier molecular flexibility index (Phi) is 4.92. The second-order valence-corrected chi connectivity index (χ2v) is 4.48. The summed E-state index contributed by atoms with van der Waals surface area (Å²) >= 11 is 0. The standard InChI is InChI=1S/C13H21N3O2/c1-2-14-11-3-4-15-12(7-11)8-16-5-6-18-13(9-16)10-17/h3-4,7,13,17H,2,5-6,8-10H2,1H3,(H,14,15). The molecule has 0 spiro atoms. The fourth-order valence-electron chi connectivity index (χ4n) is 2.14. The lowest BCUT2D eigenvalue weighted by Gasteiger charge is -2.31. The zero-order valence-electron chi connectivity index (χ0n) is 10.8. The minimum absolute atomic E-state index is 0.0595. The van der Waals surface area contributed by atoms with E-state index in [0.29, 0.717) is 6.61 Å². The summed E-state index contributed by atoms with van der Waals surface area (Å²) in [6, 6.07) is 4.05. The summed E-state index contributed by atoms with van der Waals surface area (Å²) in [5.41, 5.74) is 2.15. The Bertz CT molecular complexity index is 373. The van der Waals surface area contributed by atoms with Gasteiger partial charge in [0.05, 0.1) is 25.0 Å². The van der Waals surface area contributed by atoms with Crippen molar-refractivity contribution < 1.29 is 9.84 Å². The molecule has 0 saturated carbocycles. The van der Waals surface area contributed by atoms with E-state index in [1.54, 1.807) is 0 Å². The van der Waals surface area contributed by atoms with Crippen molar-refractivity contribution in [2.75, 3.05) is 38.2 Å². The average Bonchev–Trinajstić information content (AvgIpc) is 2.40. The maximum Gasteiger partial charge on any atom is 0.0933 e. The normalized spacial score (nSPS) is 20.9. The van der Waals surface area contributed by atoms with E-state index in [2.05, 4.69) is 28.2 Å². The van der Waals surface area contributed by atoms with Crippen LogP contribution >= 0.6 is 0 Å². The maximum absolute atomic E-state index is 9.11. The van der Waals surface area contributed by atoms with Crippen molar-refractivity contribution in [3.8, 4) is 0 Å². The second-order valence-electron chi connectivity index (χ2n) is 4.48. The number of nitrogens with zero attached hydrogens (tertiary/aromatic N) is 2. The summed E-state index contributed by atoms with van der Waals surface area (Å²) in [5, 5.41) is 12.4. The number of pyridine rings is 1. The molecule has 0 aliphatic carbocycles. The van der Waals surface area contributed by atoms with Gasteiger partial charge in [0.1, 0.15) is 0 Å². The number of ether oxygens (including phenoxy) is 1. The van der Waals surface area contributed by atoms with Crippen molar-refractivity contribution in [1.82, 2.24) is 9.88 Å². The van der Waals surface area contributed by atoms with E-state index in [1.165, 1.54) is 0 Å². The molecule has 1 aromatic heterocycles. The van der Waals surface area contributed by atoms with E-state index in [0.717, 1.165) is 37.6 Å². The van der Waals surface area contributed by atoms with Gasteiger partial charge in [-0.05, 0) is 19.1 Å². The van der Waals surface area contributed by atoms with Gasteiger partial charge in [-0.25, -0.2) is 0 Å². The molecule has 18 heavy (non-hydrogen) atoms. The Hall–Kier alpha value is -1.17. The summed E-state index contributed by atoms with van der Waals surface area (Å²) in [6.07, 6.45) is 1.77. The lowest BCUT2D eigenvalue weighted by Crippen LogP contribution is -2.43. The minimum atomic E-state index is -0.0595. The highest BCUT2D eigenvalue weighted by molar-refractivity contribution is 5.42. The molecule has 1 saturated heterocycles. The van der Waals surface area contributed by atoms with Gasteiger partial charge in [-0.3, -0.25) is 9.88 Å². The molecule has 0 amide bonds. The van der Waals surface area contributed by atoms with Crippen molar-refractivity contribution in [1.29, 1.82) is 0 Å². The van der Waals surface area contributed by atoms with Crippen molar-refractivity contribution >= 4 is 5.69 Å². The van der Waals surface area contributed by atoms with Gasteiger partial charge >= 0.3 is 0 Å². The molecule has 0 bridgehead atoms. The molecular formula is C13H21N3O2. The molecule has 2 rings (SSSR count). The number of nitrogens with one attached hydrogen (secondary N) is 1. The third-order valence-electron chi connectivity index (χ3n) is 3.01. The minimum Gasteiger partial charge on any atom is -0.394 e. The van der Waals surface area contributed by atoms with Gasteiger partial charge in [-0.15, -0.1) is 0 Å². The highest BCUT2D eigenvalue weighted by Gasteiger charge is 2.19. The third kappa shape index (κ3) is 3.66. The number of anilines is 1. The predicted molar refractivity (Wildman–Crippen MR) is 70.5 cm³/mol. The van der Waals surface area contributed by atoms with Crippen LogP contribution in [0.4, 0.5) is 5.69 Å². The van der Waals surface area contributed by atoms with E-state index in [-0.39, 0.29) is 12.7 Å². The Morgan fingerprint density at radius 3 is 3.28 bits per heavy atom. The first kappa shape index (κ1) is 13.3. The highest BCUT2D eigenvalue weighted by atomic mass is 16.5. The third-order valence-corrected chi connectivity index (χ3v) is 3.01. The number of hydrogen-bond donors (Lipinski definition) is 2. The molecule has 5 heteroatoms. The Morgan fingerprint density at radius 2 is 2.50 bits per heavy atom. The van der Waals surface area contributed by atoms with Crippen LogP contribution < -0.4 is 5.32 Å². The Morgan fingerprint density at radius 1 is 1.61 bits per heavy atom. The van der Waals surface area contributed by atoms with Crippen LogP contribution in [0.3, 0.4) is 0 Å². The summed E-state index contributed by atoms with van der Waals surface area (Å²) in [4.78, 5) is 6.65. The molecule has 5 nitrogen and oxygen atoms in total. The Labute approximate surface area is 108 Å². The molecule has 1 atom stereocenters. The van der Waals surface area contributed by atoms with Gasteiger partial charge in [-0.2, -0.15) is 0 Å². The van der Waals surface area contributed by atoms with Gasteiger partial charge in [-0.1, -0.05) is 0 Å². The van der Waals surface area contributed by atoms with E-state index in [4.69, 9.17) is 9.84 Å². The molecule has 1 unspecified atom stereocenters. The zero-order chi connectivity index (χ0) is 12.8. The molecule has 2 heterocycles. The van der Waals surface area contributed by atoms with Crippen molar-refractivity contribution in [3.63, 3.8) is 0 Å². The predicted octanol–water partition coefficient (Wildman–Crippen LogP) is 0.706. The summed E-state index contributed by atoms with van der Waals surface area (Å²) < 4.78 is 5.43. The fourth-order valence-corrected chi connectivity index (χ4v) is 2.14. The lowest BCUT2D eigenvalue weighted by molar-refractivity contribution is -0.0553. The van der Waals surface area contributed by atoms with E-state index < -0.39 is 0 Å². The van der Waals surface area contributed by atoms with Gasteiger partial charge in [0.15, 0.2) is 0 Å². The molecular weight excluding hydrogens is 230 g/mol. The molecule has 1 fully saturated rings. The Balaban J connectivity index is 1.93. The summed E-state index contributed by atoms with van der Waals surface area (Å²) in [5.74, 6) is 0. The monoisotopic (exact) mass is 251 g/mol. The summed E-state index contributed by atoms with van der Waals surface area (Å²) in [6.45, 7) is 6.22. The van der Waals surface area contributed by atoms with Crippen LogP contribution in [0.2, 0.25) is 0 Å². The molecule has 1 aliphatic rings. The van der Waals surface area contributed by atoms with E-state index in [1.807, 2.05) is 12.3 Å². The van der Waals surface area contributed by atoms with Crippen LogP contribution in [0.25, 0.3) is 0 Å². The average molecular weight is 251 g/mol. The fraction of sp³-hybridized carbons (Fsp3) is 0.615. The zero-order valence-corrected chi connectivity index (χ0v) is 10.8. The second kappa shape index (κ2) is 6.68. The topological polar surface area (TPSA) is 57.6 Å². The van der Waals surface area contributed by atoms with Crippen LogP contribution in [-0.4, -0.2) is 53.9 Å². The first-order valence-corrected chi connectivity index (χ1v) is 6.45. The van der Waals surface area contributed by atoms with Gasteiger partial charge < -0.3 is 15.2 Å². The summed E-state index contributed by atoms with van der Waals surface area (Å²) in [7, 11) is 0. The molecule has 0 aromatic carbocycles. The van der Waals surface area contributed by atoms with Gasteiger partial charge in [0, 0.05) is 38.1 Å². The molecule has 0 radical (unpaired) electrons. The van der Waals surface area contributed by atoms with Crippen molar-refractivity contribution in [3.05, 3.63) is 24.0 Å². The first-order chi connectivity index (χ1) is 8.81. The number of rotatable bonds is 5. The molecule has 100 valence electrons. The quantitative estimate of drug-likeness (QED) is 0.807. The van der Waals surface area contributed by atoms with E-state index >= 15 is 0 Å². The maximum atomic E-state index is 9.11. The van der Waals surface area contributed by atoms with Crippen LogP contribution in [0.1, 0.15) is 12.6 Å². The van der Waals surface area contributed by atoms with Crippen molar-refractivity contribution in [2.45, 2.75) is 19.6 Å². The molecule has 1 aliphatic heterocycles. The molecule has 2 N–H and O–H groups in total. The largest absolute Gasteiger partial charge is 0.394 e. The van der Waals surface area contributed by atoms with Crippen molar-refractivity contribution in [2.24, 2.45) is 0 Å². The number of aromatic nitrogens is 1. The highest BCUT2D eigenvalue weighted by Crippen LogP contribution is 2.12. The SMILES string of the molecule is CCNc1ccnc(CN2CCOC(CO)C2)c1. The first-order valence-electron chi connectivity index (χ1n) is 6.45. The lowest BCUT2D eigenvalue weighted by atomic mass is 10.2. The van der Waals surface area contributed by atoms with Crippen LogP contribution in [-0.2, 0) is 11.3 Å². The number of hydrogen-bond acceptors (Lipinski definition) is 5. The van der Waals surface area contributed by atoms with Crippen LogP contribution in [0.15, 0.2) is 18.3 Å². The number of morpholine rings is 1. The van der Waals surface area contributed by atoms with E-state index in [9.17, 15) is 0 Å². The van der Waals surface area contributed by atoms with Crippen LogP contribution in [0, 0.1) is 0 Å². The van der Waals surface area contributed by atoms with Gasteiger partial charge in [0.25, 0.3) is 0 Å². The number of aliphatic hydroxyl groups is 1. The smallest absolute Gasteiger partial charge is 0.0933 e. The van der Waals surface area contributed by atoms with Gasteiger partial charge in [0.2, 0.25) is 0 Å². The molecule has 1 aromatic rings. The number of aliphatic hydroxyl groups excluding tert-OH is 1. The van der Waals surface area contributed by atoms with Crippen LogP contribution in [0.5, 0.6) is 0 Å².